The quantitative estimate of drug-likeness (QED) is 0.384. The number of allylic oxidation sites excluding steroid dienone is 1. The van der Waals surface area contributed by atoms with Crippen molar-refractivity contribution in [3.05, 3.63) is 83.4 Å². The van der Waals surface area contributed by atoms with Crippen LogP contribution >= 0.6 is 0 Å². The second-order valence-corrected chi connectivity index (χ2v) is 9.49. The van der Waals surface area contributed by atoms with Crippen LogP contribution in [-0.4, -0.2) is 42.9 Å². The maximum Gasteiger partial charge on any atom is 0.150 e. The molecule has 0 radical (unpaired) electrons. The molecule has 188 valence electrons. The topological polar surface area (TPSA) is 51.2 Å². The summed E-state index contributed by atoms with van der Waals surface area (Å²) in [6.45, 7) is 8.76. The summed E-state index contributed by atoms with van der Waals surface area (Å²) in [5.74, 6) is 2.61. The van der Waals surface area contributed by atoms with Gasteiger partial charge in [0.25, 0.3) is 0 Å². The van der Waals surface area contributed by atoms with Crippen LogP contribution in [0.25, 0.3) is 11.1 Å². The number of phenols is 1. The molecule has 0 amide bonds. The van der Waals surface area contributed by atoms with E-state index in [0.717, 1.165) is 45.9 Å². The second-order valence-electron chi connectivity index (χ2n) is 9.49. The van der Waals surface area contributed by atoms with Crippen LogP contribution < -0.4 is 14.2 Å². The van der Waals surface area contributed by atoms with E-state index in [1.807, 2.05) is 37.3 Å². The van der Waals surface area contributed by atoms with Crippen molar-refractivity contribution in [1.82, 2.24) is 4.90 Å². The molecule has 1 atom stereocenters. The normalized spacial score (nSPS) is 17.9. The summed E-state index contributed by atoms with van der Waals surface area (Å²) in [5.41, 5.74) is 5.35. The number of nitrogens with zero attached hydrogens (tertiary/aromatic N) is 1. The molecule has 0 bridgehead atoms. The fraction of sp³-hybridized carbons (Fsp3) is 0.355. The van der Waals surface area contributed by atoms with E-state index in [4.69, 9.17) is 14.2 Å². The zero-order chi connectivity index (χ0) is 24.9. The molecule has 1 N–H and O–H groups in total. The summed E-state index contributed by atoms with van der Waals surface area (Å²) >= 11 is 0. The largest absolute Gasteiger partial charge is 0.508 e. The minimum Gasteiger partial charge on any atom is -0.508 e. The summed E-state index contributed by atoms with van der Waals surface area (Å²) in [7, 11) is 0. The average Bonchev–Trinajstić information content (AvgIpc) is 2.90. The molecule has 2 heterocycles. The molecule has 3 aromatic carbocycles. The number of hydrogen-bond donors (Lipinski definition) is 1. The van der Waals surface area contributed by atoms with Gasteiger partial charge in [0.2, 0.25) is 0 Å². The molecule has 0 saturated carbocycles. The van der Waals surface area contributed by atoms with Crippen molar-refractivity contribution in [3.63, 3.8) is 0 Å². The summed E-state index contributed by atoms with van der Waals surface area (Å²) in [5, 5.41) is 10.1. The highest BCUT2D eigenvalue weighted by atomic mass is 16.5. The number of likely N-dealkylation sites (tertiary alicyclic amines) is 1. The van der Waals surface area contributed by atoms with Gasteiger partial charge < -0.3 is 19.3 Å². The Morgan fingerprint density at radius 2 is 1.58 bits per heavy atom. The van der Waals surface area contributed by atoms with E-state index < -0.39 is 0 Å². The second kappa shape index (κ2) is 11.1. The number of hydrogen-bond acceptors (Lipinski definition) is 5. The van der Waals surface area contributed by atoms with Gasteiger partial charge in [-0.05, 0) is 92.9 Å². The highest BCUT2D eigenvalue weighted by Crippen LogP contribution is 2.47. The van der Waals surface area contributed by atoms with Crippen LogP contribution in [-0.2, 0) is 0 Å². The molecular formula is C31H35NO4. The lowest BCUT2D eigenvalue weighted by molar-refractivity contribution is 0.183. The molecule has 1 fully saturated rings. The Morgan fingerprint density at radius 1 is 0.889 bits per heavy atom. The number of aromatic hydroxyl groups is 1. The molecule has 0 spiro atoms. The Morgan fingerprint density at radius 3 is 2.31 bits per heavy atom. The molecule has 36 heavy (non-hydrogen) atoms. The van der Waals surface area contributed by atoms with E-state index in [2.05, 4.69) is 36.1 Å². The fourth-order valence-corrected chi connectivity index (χ4v) is 5.16. The molecule has 5 nitrogen and oxygen atoms in total. The number of piperidine rings is 1. The van der Waals surface area contributed by atoms with Gasteiger partial charge in [-0.1, -0.05) is 30.7 Å². The molecule has 5 rings (SSSR count). The van der Waals surface area contributed by atoms with E-state index in [9.17, 15) is 5.11 Å². The van der Waals surface area contributed by atoms with Crippen molar-refractivity contribution in [2.45, 2.75) is 39.2 Å². The van der Waals surface area contributed by atoms with E-state index in [1.165, 1.54) is 32.4 Å². The average molecular weight is 486 g/mol. The van der Waals surface area contributed by atoms with Gasteiger partial charge in [-0.2, -0.15) is 0 Å². The number of phenolic OH excluding ortho intramolecular Hbond substituents is 1. The molecule has 1 unspecified atom stereocenters. The molecule has 2 aliphatic rings. The van der Waals surface area contributed by atoms with Crippen LogP contribution in [0.4, 0.5) is 0 Å². The summed E-state index contributed by atoms with van der Waals surface area (Å²) < 4.78 is 18.2. The fourth-order valence-electron chi connectivity index (χ4n) is 5.16. The van der Waals surface area contributed by atoms with E-state index in [1.54, 1.807) is 12.1 Å². The van der Waals surface area contributed by atoms with Crippen LogP contribution in [0.2, 0.25) is 0 Å². The lowest BCUT2D eigenvalue weighted by Gasteiger charge is -2.31. The van der Waals surface area contributed by atoms with Crippen molar-refractivity contribution in [3.8, 4) is 23.0 Å². The van der Waals surface area contributed by atoms with Crippen molar-refractivity contribution in [2.24, 2.45) is 0 Å². The van der Waals surface area contributed by atoms with Gasteiger partial charge in [-0.3, -0.25) is 4.90 Å². The predicted molar refractivity (Wildman–Crippen MR) is 144 cm³/mol. The first kappa shape index (κ1) is 24.3. The summed E-state index contributed by atoms with van der Waals surface area (Å²) in [6.07, 6.45) is 3.62. The van der Waals surface area contributed by atoms with Gasteiger partial charge in [-0.15, -0.1) is 0 Å². The first-order valence-electron chi connectivity index (χ1n) is 13.0. The minimum absolute atomic E-state index is 0.197. The zero-order valence-electron chi connectivity index (χ0n) is 21.2. The lowest BCUT2D eigenvalue weighted by atomic mass is 9.86. The third kappa shape index (κ3) is 5.36. The van der Waals surface area contributed by atoms with Crippen LogP contribution in [0, 0.1) is 0 Å². The molecule has 2 aliphatic heterocycles. The Hall–Kier alpha value is -3.44. The molecule has 0 aromatic heterocycles. The van der Waals surface area contributed by atoms with Gasteiger partial charge in [0.1, 0.15) is 35.7 Å². The molecule has 3 aromatic rings. The van der Waals surface area contributed by atoms with Crippen molar-refractivity contribution in [2.75, 3.05) is 32.8 Å². The zero-order valence-corrected chi connectivity index (χ0v) is 21.2. The third-order valence-electron chi connectivity index (χ3n) is 7.06. The molecule has 5 heteroatoms. The SMILES string of the molecule is CCOc1ccc(C2=C(C)c3ccc(O)cc3OC2c2ccc(OCCN3CCCCC3)cc2)cc1. The maximum absolute atomic E-state index is 10.1. The molecule has 0 aliphatic carbocycles. The first-order chi connectivity index (χ1) is 17.6. The van der Waals surface area contributed by atoms with Crippen LogP contribution in [0.1, 0.15) is 55.9 Å². The molecular weight excluding hydrogens is 450 g/mol. The van der Waals surface area contributed by atoms with E-state index >= 15 is 0 Å². The number of benzene rings is 3. The Labute approximate surface area is 213 Å². The third-order valence-corrected chi connectivity index (χ3v) is 7.06. The summed E-state index contributed by atoms with van der Waals surface area (Å²) in [4.78, 5) is 2.48. The Kier molecular flexibility index (Phi) is 7.47. The maximum atomic E-state index is 10.1. The van der Waals surface area contributed by atoms with Crippen molar-refractivity contribution < 1.29 is 19.3 Å². The predicted octanol–water partition coefficient (Wildman–Crippen LogP) is 6.72. The Bertz CT molecular complexity index is 1190. The lowest BCUT2D eigenvalue weighted by Crippen LogP contribution is -2.33. The smallest absolute Gasteiger partial charge is 0.150 e. The van der Waals surface area contributed by atoms with Crippen LogP contribution in [0.3, 0.4) is 0 Å². The van der Waals surface area contributed by atoms with Gasteiger partial charge in [-0.25, -0.2) is 0 Å². The van der Waals surface area contributed by atoms with Crippen molar-refractivity contribution >= 4 is 11.1 Å². The van der Waals surface area contributed by atoms with E-state index in [-0.39, 0.29) is 11.9 Å². The minimum atomic E-state index is -0.306. The van der Waals surface area contributed by atoms with Crippen LogP contribution in [0.15, 0.2) is 66.7 Å². The summed E-state index contributed by atoms with van der Waals surface area (Å²) in [6, 6.07) is 21.7. The van der Waals surface area contributed by atoms with E-state index in [0.29, 0.717) is 19.0 Å². The number of ether oxygens (including phenoxy) is 3. The highest BCUT2D eigenvalue weighted by Gasteiger charge is 2.29. The van der Waals surface area contributed by atoms with Gasteiger partial charge in [0.15, 0.2) is 0 Å². The highest BCUT2D eigenvalue weighted by molar-refractivity contribution is 5.95. The van der Waals surface area contributed by atoms with Crippen LogP contribution in [0.5, 0.6) is 23.0 Å². The monoisotopic (exact) mass is 485 g/mol. The Balaban J connectivity index is 1.39. The first-order valence-corrected chi connectivity index (χ1v) is 13.0. The van der Waals surface area contributed by atoms with Gasteiger partial charge in [0, 0.05) is 23.7 Å². The van der Waals surface area contributed by atoms with Crippen molar-refractivity contribution in [1.29, 1.82) is 0 Å². The van der Waals surface area contributed by atoms with Gasteiger partial charge >= 0.3 is 0 Å². The number of rotatable bonds is 8. The number of fused-ring (bicyclic) bond motifs is 1. The van der Waals surface area contributed by atoms with Gasteiger partial charge in [0.05, 0.1) is 6.61 Å². The molecule has 1 saturated heterocycles. The standard InChI is InChI=1S/C31H35NO4/c1-3-34-26-12-7-23(8-13-26)30-22(2)28-16-11-25(33)21-29(28)36-31(30)24-9-14-27(15-10-24)35-20-19-32-17-5-4-6-18-32/h7-16,21,31,33H,3-6,17-20H2,1-2H3.